The highest BCUT2D eigenvalue weighted by Crippen LogP contribution is 2.35. The Balaban J connectivity index is 2.63. The third kappa shape index (κ3) is 3.51. The molecule has 0 spiro atoms. The van der Waals surface area contributed by atoms with Crippen molar-refractivity contribution in [2.75, 3.05) is 20.3 Å². The highest BCUT2D eigenvalue weighted by Gasteiger charge is 2.21. The van der Waals surface area contributed by atoms with Crippen molar-refractivity contribution in [3.05, 3.63) is 24.4 Å². The molecular formula is C14H18ClNO4S. The van der Waals surface area contributed by atoms with Crippen LogP contribution in [-0.2, 0) is 20.3 Å². The smallest absolute Gasteiger partial charge is 0.263 e. The van der Waals surface area contributed by atoms with E-state index in [2.05, 4.69) is 0 Å². The van der Waals surface area contributed by atoms with Crippen LogP contribution in [0.3, 0.4) is 0 Å². The monoisotopic (exact) mass is 331 g/mol. The summed E-state index contributed by atoms with van der Waals surface area (Å²) in [6.45, 7) is 3.52. The molecule has 2 aromatic rings. The van der Waals surface area contributed by atoms with E-state index in [-0.39, 0.29) is 4.90 Å². The van der Waals surface area contributed by atoms with E-state index in [9.17, 15) is 8.42 Å². The molecule has 116 valence electrons. The van der Waals surface area contributed by atoms with Crippen molar-refractivity contribution in [3.8, 4) is 5.75 Å². The normalized spacial score (nSPS) is 12.0. The molecule has 0 bridgehead atoms. The second kappa shape index (κ2) is 6.68. The van der Waals surface area contributed by atoms with Gasteiger partial charge in [-0.2, -0.15) is 0 Å². The van der Waals surface area contributed by atoms with Gasteiger partial charge in [0.2, 0.25) is 0 Å². The van der Waals surface area contributed by atoms with Gasteiger partial charge in [0.15, 0.2) is 0 Å². The number of methoxy groups -OCH3 is 1. The van der Waals surface area contributed by atoms with Crippen LogP contribution in [0.1, 0.15) is 13.3 Å². The van der Waals surface area contributed by atoms with E-state index in [0.29, 0.717) is 30.9 Å². The molecule has 21 heavy (non-hydrogen) atoms. The van der Waals surface area contributed by atoms with Gasteiger partial charge < -0.3 is 14.0 Å². The van der Waals surface area contributed by atoms with E-state index in [1.54, 1.807) is 13.2 Å². The van der Waals surface area contributed by atoms with Crippen molar-refractivity contribution < 1.29 is 17.9 Å². The van der Waals surface area contributed by atoms with Gasteiger partial charge in [0, 0.05) is 30.5 Å². The van der Waals surface area contributed by atoms with Crippen LogP contribution in [0.25, 0.3) is 10.9 Å². The van der Waals surface area contributed by atoms with Crippen LogP contribution in [-0.4, -0.2) is 33.3 Å². The molecule has 1 heterocycles. The highest BCUT2D eigenvalue weighted by molar-refractivity contribution is 8.14. The third-order valence-corrected chi connectivity index (χ3v) is 4.43. The lowest BCUT2D eigenvalue weighted by Gasteiger charge is -2.08. The Morgan fingerprint density at radius 1 is 1.29 bits per heavy atom. The molecule has 0 saturated carbocycles. The average molecular weight is 332 g/mol. The van der Waals surface area contributed by atoms with Crippen LogP contribution in [0.15, 0.2) is 29.3 Å². The summed E-state index contributed by atoms with van der Waals surface area (Å²) in [7, 11) is 3.31. The number of aromatic nitrogens is 1. The molecular weight excluding hydrogens is 314 g/mol. The first kappa shape index (κ1) is 16.1. The maximum Gasteiger partial charge on any atom is 0.263 e. The Labute approximate surface area is 128 Å². The molecule has 0 aliphatic heterocycles. The molecule has 0 amide bonds. The van der Waals surface area contributed by atoms with Gasteiger partial charge in [0.1, 0.15) is 10.6 Å². The summed E-state index contributed by atoms with van der Waals surface area (Å²) in [5.41, 5.74) is 0.764. The minimum absolute atomic E-state index is 0.0713. The van der Waals surface area contributed by atoms with Crippen molar-refractivity contribution in [2.45, 2.75) is 24.8 Å². The van der Waals surface area contributed by atoms with Gasteiger partial charge in [-0.3, -0.25) is 0 Å². The van der Waals surface area contributed by atoms with E-state index in [1.165, 1.54) is 6.20 Å². The summed E-state index contributed by atoms with van der Waals surface area (Å²) < 4.78 is 36.2. The number of hydrogen-bond acceptors (Lipinski definition) is 4. The number of nitrogens with zero attached hydrogens (tertiary/aromatic N) is 1. The van der Waals surface area contributed by atoms with Crippen molar-refractivity contribution in [2.24, 2.45) is 0 Å². The fourth-order valence-electron chi connectivity index (χ4n) is 2.17. The van der Waals surface area contributed by atoms with Crippen molar-refractivity contribution >= 4 is 30.6 Å². The first-order chi connectivity index (χ1) is 9.99. The lowest BCUT2D eigenvalue weighted by molar-refractivity contribution is 0.188. The standard InChI is InChI=1S/C14H18ClNO4S/c1-3-8-20-12-6-4-5-11-14(12)13(21(15,17)18)10-16(11)7-9-19-2/h4-6,10H,3,7-9H2,1-2H3. The third-order valence-electron chi connectivity index (χ3n) is 3.09. The van der Waals surface area contributed by atoms with E-state index in [4.69, 9.17) is 20.2 Å². The molecule has 1 aromatic carbocycles. The van der Waals surface area contributed by atoms with E-state index in [1.807, 2.05) is 23.6 Å². The summed E-state index contributed by atoms with van der Waals surface area (Å²) in [5.74, 6) is 0.532. The number of ether oxygens (including phenoxy) is 2. The number of rotatable bonds is 7. The van der Waals surface area contributed by atoms with Gasteiger partial charge in [-0.1, -0.05) is 13.0 Å². The van der Waals surface area contributed by atoms with Crippen molar-refractivity contribution in [1.82, 2.24) is 4.57 Å². The Kier molecular flexibility index (Phi) is 5.13. The summed E-state index contributed by atoms with van der Waals surface area (Å²) in [6.07, 6.45) is 2.37. The van der Waals surface area contributed by atoms with Crippen LogP contribution in [0, 0.1) is 0 Å². The van der Waals surface area contributed by atoms with Crippen molar-refractivity contribution in [1.29, 1.82) is 0 Å². The molecule has 0 unspecified atom stereocenters. The minimum Gasteiger partial charge on any atom is -0.493 e. The largest absolute Gasteiger partial charge is 0.493 e. The SMILES string of the molecule is CCCOc1cccc2c1c(S(=O)(=O)Cl)cn2CCOC. The van der Waals surface area contributed by atoms with Crippen LogP contribution in [0.5, 0.6) is 5.75 Å². The van der Waals surface area contributed by atoms with Gasteiger partial charge in [0.25, 0.3) is 9.05 Å². The lowest BCUT2D eigenvalue weighted by atomic mass is 10.2. The lowest BCUT2D eigenvalue weighted by Crippen LogP contribution is -2.02. The van der Waals surface area contributed by atoms with E-state index in [0.717, 1.165) is 11.9 Å². The van der Waals surface area contributed by atoms with Crippen LogP contribution in [0.2, 0.25) is 0 Å². The maximum atomic E-state index is 11.8. The fourth-order valence-corrected chi connectivity index (χ4v) is 3.23. The second-order valence-corrected chi connectivity index (χ2v) is 7.15. The molecule has 0 N–H and O–H groups in total. The number of fused-ring (bicyclic) bond motifs is 1. The predicted molar refractivity (Wildman–Crippen MR) is 82.6 cm³/mol. The average Bonchev–Trinajstić information content (AvgIpc) is 2.82. The molecule has 5 nitrogen and oxygen atoms in total. The summed E-state index contributed by atoms with van der Waals surface area (Å²) in [6, 6.07) is 5.43. The maximum absolute atomic E-state index is 11.8. The number of hydrogen-bond donors (Lipinski definition) is 0. The summed E-state index contributed by atoms with van der Waals surface area (Å²) in [4.78, 5) is 0.0713. The molecule has 0 atom stereocenters. The Hall–Kier alpha value is -1.24. The van der Waals surface area contributed by atoms with E-state index >= 15 is 0 Å². The minimum atomic E-state index is -3.85. The predicted octanol–water partition coefficient (Wildman–Crippen LogP) is 3.00. The van der Waals surface area contributed by atoms with Gasteiger partial charge in [0.05, 0.1) is 24.1 Å². The molecule has 7 heteroatoms. The molecule has 2 rings (SSSR count). The fraction of sp³-hybridized carbons (Fsp3) is 0.429. The number of benzene rings is 1. The number of halogens is 1. The van der Waals surface area contributed by atoms with Crippen LogP contribution in [0.4, 0.5) is 0 Å². The molecule has 0 aliphatic carbocycles. The zero-order valence-electron chi connectivity index (χ0n) is 12.0. The van der Waals surface area contributed by atoms with Crippen LogP contribution < -0.4 is 4.74 Å². The molecule has 1 aromatic heterocycles. The Morgan fingerprint density at radius 2 is 2.05 bits per heavy atom. The topological polar surface area (TPSA) is 57.5 Å². The highest BCUT2D eigenvalue weighted by atomic mass is 35.7. The first-order valence-electron chi connectivity index (χ1n) is 6.67. The zero-order chi connectivity index (χ0) is 15.5. The van der Waals surface area contributed by atoms with Crippen LogP contribution >= 0.6 is 10.7 Å². The van der Waals surface area contributed by atoms with Gasteiger partial charge in [-0.15, -0.1) is 0 Å². The second-order valence-electron chi connectivity index (χ2n) is 4.62. The van der Waals surface area contributed by atoms with Gasteiger partial charge in [-0.25, -0.2) is 8.42 Å². The van der Waals surface area contributed by atoms with Crippen molar-refractivity contribution in [3.63, 3.8) is 0 Å². The molecule has 0 radical (unpaired) electrons. The molecule has 0 fully saturated rings. The summed E-state index contributed by atoms with van der Waals surface area (Å²) in [5, 5.41) is 0.525. The zero-order valence-corrected chi connectivity index (χ0v) is 13.6. The van der Waals surface area contributed by atoms with E-state index < -0.39 is 9.05 Å². The Morgan fingerprint density at radius 3 is 2.67 bits per heavy atom. The van der Waals surface area contributed by atoms with Gasteiger partial charge in [-0.05, 0) is 18.6 Å². The molecule has 0 aliphatic rings. The van der Waals surface area contributed by atoms with Gasteiger partial charge >= 0.3 is 0 Å². The summed E-state index contributed by atoms with van der Waals surface area (Å²) >= 11 is 0. The first-order valence-corrected chi connectivity index (χ1v) is 8.98. The molecule has 0 saturated heterocycles. The Bertz CT molecular complexity index is 724. The quantitative estimate of drug-likeness (QED) is 0.732.